The SMILES string of the molecule is O=S(=O)(NCCC1CCCCCC1)c1ccc(Cl)cc1. The van der Waals surface area contributed by atoms with Crippen molar-refractivity contribution in [2.45, 2.75) is 49.8 Å². The standard InChI is InChI=1S/C15H22ClNO2S/c16-14-7-9-15(10-8-14)20(18,19)17-12-11-13-5-3-1-2-4-6-13/h7-10,13,17H,1-6,11-12H2. The summed E-state index contributed by atoms with van der Waals surface area (Å²) in [6, 6.07) is 6.27. The fourth-order valence-corrected chi connectivity index (χ4v) is 3.92. The van der Waals surface area contributed by atoms with Crippen molar-refractivity contribution in [1.29, 1.82) is 0 Å². The normalized spacial score (nSPS) is 17.9. The lowest BCUT2D eigenvalue weighted by Gasteiger charge is -2.14. The molecule has 0 aromatic heterocycles. The molecule has 1 aromatic carbocycles. The van der Waals surface area contributed by atoms with Crippen LogP contribution in [0, 0.1) is 5.92 Å². The van der Waals surface area contributed by atoms with Crippen molar-refractivity contribution >= 4 is 21.6 Å². The third-order valence-corrected chi connectivity index (χ3v) is 5.67. The molecular weight excluding hydrogens is 294 g/mol. The van der Waals surface area contributed by atoms with E-state index in [1.807, 2.05) is 0 Å². The molecule has 20 heavy (non-hydrogen) atoms. The Morgan fingerprint density at radius 3 is 2.25 bits per heavy atom. The molecule has 1 saturated carbocycles. The number of benzene rings is 1. The molecule has 0 atom stereocenters. The van der Waals surface area contributed by atoms with Crippen LogP contribution in [0.2, 0.25) is 5.02 Å². The molecule has 112 valence electrons. The molecule has 0 spiro atoms. The lowest BCUT2D eigenvalue weighted by Crippen LogP contribution is -2.26. The maximum absolute atomic E-state index is 12.1. The topological polar surface area (TPSA) is 46.2 Å². The highest BCUT2D eigenvalue weighted by Gasteiger charge is 2.16. The third-order valence-electron chi connectivity index (χ3n) is 3.94. The van der Waals surface area contributed by atoms with Gasteiger partial charge in [-0.15, -0.1) is 0 Å². The van der Waals surface area contributed by atoms with Crippen LogP contribution >= 0.6 is 11.6 Å². The first-order valence-corrected chi connectivity index (χ1v) is 9.19. The summed E-state index contributed by atoms with van der Waals surface area (Å²) < 4.78 is 26.9. The largest absolute Gasteiger partial charge is 0.240 e. The van der Waals surface area contributed by atoms with Crippen molar-refractivity contribution in [3.63, 3.8) is 0 Å². The molecule has 0 heterocycles. The molecule has 0 bridgehead atoms. The van der Waals surface area contributed by atoms with Gasteiger partial charge in [-0.1, -0.05) is 50.1 Å². The Morgan fingerprint density at radius 2 is 1.65 bits per heavy atom. The maximum atomic E-state index is 12.1. The Morgan fingerprint density at radius 1 is 1.05 bits per heavy atom. The van der Waals surface area contributed by atoms with Gasteiger partial charge in [0, 0.05) is 11.6 Å². The van der Waals surface area contributed by atoms with Crippen molar-refractivity contribution in [2.24, 2.45) is 5.92 Å². The fourth-order valence-electron chi connectivity index (χ4n) is 2.75. The zero-order chi connectivity index (χ0) is 14.4. The van der Waals surface area contributed by atoms with Crippen LogP contribution in [0.1, 0.15) is 44.9 Å². The van der Waals surface area contributed by atoms with Gasteiger partial charge in [0.05, 0.1) is 4.90 Å². The average Bonchev–Trinajstić information content (AvgIpc) is 2.68. The van der Waals surface area contributed by atoms with Gasteiger partial charge in [0.1, 0.15) is 0 Å². The summed E-state index contributed by atoms with van der Waals surface area (Å²) in [4.78, 5) is 0.280. The van der Waals surface area contributed by atoms with Crippen LogP contribution in [-0.2, 0) is 10.0 Å². The minimum Gasteiger partial charge on any atom is -0.211 e. The van der Waals surface area contributed by atoms with Gasteiger partial charge in [0.25, 0.3) is 0 Å². The summed E-state index contributed by atoms with van der Waals surface area (Å²) >= 11 is 5.77. The summed E-state index contributed by atoms with van der Waals surface area (Å²) in [5, 5.41) is 0.544. The first kappa shape index (κ1) is 15.8. The summed E-state index contributed by atoms with van der Waals surface area (Å²) in [6.07, 6.45) is 8.64. The highest BCUT2D eigenvalue weighted by atomic mass is 35.5. The molecule has 0 radical (unpaired) electrons. The second kappa shape index (κ2) is 7.43. The Kier molecular flexibility index (Phi) is 5.87. The van der Waals surface area contributed by atoms with Crippen LogP contribution in [-0.4, -0.2) is 15.0 Å². The summed E-state index contributed by atoms with van der Waals surface area (Å²) in [6.45, 7) is 0.523. The molecule has 1 aromatic rings. The molecule has 1 aliphatic rings. The van der Waals surface area contributed by atoms with Gasteiger partial charge in [-0.3, -0.25) is 0 Å². The lowest BCUT2D eigenvalue weighted by atomic mass is 9.97. The molecule has 1 aliphatic carbocycles. The van der Waals surface area contributed by atoms with E-state index in [0.29, 0.717) is 17.5 Å². The molecule has 2 rings (SSSR count). The monoisotopic (exact) mass is 315 g/mol. The first-order valence-electron chi connectivity index (χ1n) is 7.33. The Balaban J connectivity index is 1.84. The van der Waals surface area contributed by atoms with Crippen LogP contribution in [0.4, 0.5) is 0 Å². The Bertz CT molecular complexity index is 505. The van der Waals surface area contributed by atoms with Gasteiger partial charge in [-0.05, 0) is 36.6 Å². The molecule has 3 nitrogen and oxygen atoms in total. The van der Waals surface area contributed by atoms with Crippen molar-refractivity contribution in [1.82, 2.24) is 4.72 Å². The van der Waals surface area contributed by atoms with Crippen LogP contribution in [0.25, 0.3) is 0 Å². The molecule has 0 saturated heterocycles. The van der Waals surface area contributed by atoms with E-state index in [1.54, 1.807) is 12.1 Å². The van der Waals surface area contributed by atoms with Crippen LogP contribution < -0.4 is 4.72 Å². The second-order valence-corrected chi connectivity index (χ2v) is 7.70. The predicted octanol–water partition coefficient (Wildman–Crippen LogP) is 3.98. The van der Waals surface area contributed by atoms with Gasteiger partial charge >= 0.3 is 0 Å². The van der Waals surface area contributed by atoms with Gasteiger partial charge in [0.2, 0.25) is 10.0 Å². The molecular formula is C15H22ClNO2S. The van der Waals surface area contributed by atoms with Crippen LogP contribution in [0.15, 0.2) is 29.2 Å². The van der Waals surface area contributed by atoms with E-state index < -0.39 is 10.0 Å². The zero-order valence-corrected chi connectivity index (χ0v) is 13.2. The number of nitrogens with one attached hydrogen (secondary N) is 1. The minimum atomic E-state index is -3.40. The Hall–Kier alpha value is -0.580. The van der Waals surface area contributed by atoms with E-state index in [-0.39, 0.29) is 4.90 Å². The number of rotatable bonds is 5. The average molecular weight is 316 g/mol. The molecule has 1 N–H and O–H groups in total. The smallest absolute Gasteiger partial charge is 0.211 e. The molecule has 5 heteroatoms. The van der Waals surface area contributed by atoms with E-state index in [2.05, 4.69) is 4.72 Å². The van der Waals surface area contributed by atoms with E-state index in [4.69, 9.17) is 11.6 Å². The number of hydrogen-bond acceptors (Lipinski definition) is 2. The van der Waals surface area contributed by atoms with Gasteiger partial charge in [-0.25, -0.2) is 13.1 Å². The second-order valence-electron chi connectivity index (χ2n) is 5.50. The molecule has 1 fully saturated rings. The van der Waals surface area contributed by atoms with Gasteiger partial charge in [-0.2, -0.15) is 0 Å². The lowest BCUT2D eigenvalue weighted by molar-refractivity contribution is 0.427. The third kappa shape index (κ3) is 4.76. The number of sulfonamides is 1. The zero-order valence-electron chi connectivity index (χ0n) is 11.6. The van der Waals surface area contributed by atoms with Crippen molar-refractivity contribution in [2.75, 3.05) is 6.54 Å². The van der Waals surface area contributed by atoms with Crippen LogP contribution in [0.3, 0.4) is 0 Å². The van der Waals surface area contributed by atoms with Crippen molar-refractivity contribution in [3.8, 4) is 0 Å². The summed E-state index contributed by atoms with van der Waals surface area (Å²) in [5.74, 6) is 0.672. The quantitative estimate of drug-likeness (QED) is 0.835. The van der Waals surface area contributed by atoms with Crippen molar-refractivity contribution in [3.05, 3.63) is 29.3 Å². The van der Waals surface area contributed by atoms with Gasteiger partial charge in [0.15, 0.2) is 0 Å². The maximum Gasteiger partial charge on any atom is 0.240 e. The van der Waals surface area contributed by atoms with Gasteiger partial charge < -0.3 is 0 Å². The van der Waals surface area contributed by atoms with E-state index >= 15 is 0 Å². The molecule has 0 unspecified atom stereocenters. The Labute approximate surface area is 126 Å². The minimum absolute atomic E-state index is 0.280. The van der Waals surface area contributed by atoms with E-state index in [9.17, 15) is 8.42 Å². The van der Waals surface area contributed by atoms with Crippen molar-refractivity contribution < 1.29 is 8.42 Å². The van der Waals surface area contributed by atoms with E-state index in [0.717, 1.165) is 6.42 Å². The predicted molar refractivity (Wildman–Crippen MR) is 82.4 cm³/mol. The molecule has 0 amide bonds. The first-order chi connectivity index (χ1) is 9.58. The summed E-state index contributed by atoms with van der Waals surface area (Å²) in [7, 11) is -3.40. The summed E-state index contributed by atoms with van der Waals surface area (Å²) in [5.41, 5.74) is 0. The van der Waals surface area contributed by atoms with E-state index in [1.165, 1.54) is 50.7 Å². The molecule has 0 aliphatic heterocycles. The highest BCUT2D eigenvalue weighted by Crippen LogP contribution is 2.25. The number of hydrogen-bond donors (Lipinski definition) is 1. The fraction of sp³-hybridized carbons (Fsp3) is 0.600. The van der Waals surface area contributed by atoms with Crippen LogP contribution in [0.5, 0.6) is 0 Å². The number of halogens is 1. The highest BCUT2D eigenvalue weighted by molar-refractivity contribution is 7.89.